The molecule has 0 radical (unpaired) electrons. The zero-order valence-electron chi connectivity index (χ0n) is 23.3. The van der Waals surface area contributed by atoms with E-state index in [1.807, 2.05) is 11.3 Å². The van der Waals surface area contributed by atoms with Crippen LogP contribution < -0.4 is 4.90 Å². The van der Waals surface area contributed by atoms with Gasteiger partial charge in [-0.2, -0.15) is 0 Å². The van der Waals surface area contributed by atoms with Crippen molar-refractivity contribution >= 4 is 81.1 Å². The smallest absolute Gasteiger partial charge is 0.0542 e. The van der Waals surface area contributed by atoms with E-state index in [2.05, 4.69) is 167 Å². The van der Waals surface area contributed by atoms with Gasteiger partial charge in [0.05, 0.1) is 16.7 Å². The van der Waals surface area contributed by atoms with Gasteiger partial charge in [-0.25, -0.2) is 0 Å². The summed E-state index contributed by atoms with van der Waals surface area (Å²) in [5, 5.41) is 7.55. The SMILES string of the molecule is c1ccc(-n2c3ccccc3c3cc(N(c4ccc5sc6ccccc6c5c4)c4cccc5ccccc45)ccc32)cc1. The van der Waals surface area contributed by atoms with Crippen LogP contribution in [0.5, 0.6) is 0 Å². The van der Waals surface area contributed by atoms with Crippen molar-refractivity contribution in [3.05, 3.63) is 158 Å². The van der Waals surface area contributed by atoms with Gasteiger partial charge in [0.15, 0.2) is 0 Å². The number of rotatable bonds is 4. The van der Waals surface area contributed by atoms with Gasteiger partial charge in [0.25, 0.3) is 0 Å². The molecule has 9 aromatic rings. The normalized spacial score (nSPS) is 11.7. The molecule has 7 aromatic carbocycles. The zero-order valence-corrected chi connectivity index (χ0v) is 24.1. The van der Waals surface area contributed by atoms with Crippen LogP contribution in [0.2, 0.25) is 0 Å². The second-order valence-corrected chi connectivity index (χ2v) is 12.1. The molecule has 0 atom stereocenters. The summed E-state index contributed by atoms with van der Waals surface area (Å²) < 4.78 is 5.01. The number of nitrogens with zero attached hydrogens (tertiary/aromatic N) is 2. The molecule has 0 aliphatic carbocycles. The zero-order chi connectivity index (χ0) is 28.3. The molecule has 202 valence electrons. The average molecular weight is 567 g/mol. The van der Waals surface area contributed by atoms with Crippen LogP contribution in [0.3, 0.4) is 0 Å². The molecule has 0 unspecified atom stereocenters. The Morgan fingerprint density at radius 2 is 1.05 bits per heavy atom. The summed E-state index contributed by atoms with van der Waals surface area (Å²) in [6, 6.07) is 57.3. The van der Waals surface area contributed by atoms with Crippen molar-refractivity contribution in [2.24, 2.45) is 0 Å². The van der Waals surface area contributed by atoms with E-state index < -0.39 is 0 Å². The van der Waals surface area contributed by atoms with Crippen molar-refractivity contribution < 1.29 is 0 Å². The Balaban J connectivity index is 1.34. The van der Waals surface area contributed by atoms with Crippen LogP contribution in [0.25, 0.3) is 58.4 Å². The van der Waals surface area contributed by atoms with Crippen molar-refractivity contribution in [1.29, 1.82) is 0 Å². The summed E-state index contributed by atoms with van der Waals surface area (Å²) in [6.45, 7) is 0. The lowest BCUT2D eigenvalue weighted by molar-refractivity contribution is 1.18. The van der Waals surface area contributed by atoms with Gasteiger partial charge >= 0.3 is 0 Å². The van der Waals surface area contributed by atoms with E-state index in [9.17, 15) is 0 Å². The Kier molecular flexibility index (Phi) is 5.40. The maximum Gasteiger partial charge on any atom is 0.0542 e. The lowest BCUT2D eigenvalue weighted by atomic mass is 10.0. The van der Waals surface area contributed by atoms with Crippen LogP contribution in [0.1, 0.15) is 0 Å². The van der Waals surface area contributed by atoms with E-state index in [1.54, 1.807) is 0 Å². The summed E-state index contributed by atoms with van der Waals surface area (Å²) >= 11 is 1.86. The average Bonchev–Trinajstić information content (AvgIpc) is 3.61. The maximum atomic E-state index is 2.43. The van der Waals surface area contributed by atoms with Crippen LogP contribution in [0, 0.1) is 0 Å². The number of aromatic nitrogens is 1. The molecule has 0 fully saturated rings. The third kappa shape index (κ3) is 3.79. The quantitative estimate of drug-likeness (QED) is 0.206. The van der Waals surface area contributed by atoms with E-state index in [0.29, 0.717) is 0 Å². The fourth-order valence-electron chi connectivity index (χ4n) is 6.64. The van der Waals surface area contributed by atoms with Crippen LogP contribution in [0.4, 0.5) is 17.1 Å². The highest BCUT2D eigenvalue weighted by atomic mass is 32.1. The van der Waals surface area contributed by atoms with Crippen molar-refractivity contribution in [3.8, 4) is 5.69 Å². The molecule has 2 aromatic heterocycles. The van der Waals surface area contributed by atoms with E-state index >= 15 is 0 Å². The van der Waals surface area contributed by atoms with Crippen molar-refractivity contribution in [1.82, 2.24) is 4.57 Å². The monoisotopic (exact) mass is 566 g/mol. The highest BCUT2D eigenvalue weighted by Gasteiger charge is 2.19. The molecule has 0 spiro atoms. The molecular formula is C40H26N2S. The minimum absolute atomic E-state index is 1.14. The molecule has 2 heterocycles. The van der Waals surface area contributed by atoms with Crippen molar-refractivity contribution in [2.45, 2.75) is 0 Å². The molecular weight excluding hydrogens is 541 g/mol. The highest BCUT2D eigenvalue weighted by Crippen LogP contribution is 2.44. The molecule has 0 bridgehead atoms. The van der Waals surface area contributed by atoms with Crippen LogP contribution in [-0.4, -0.2) is 4.57 Å². The van der Waals surface area contributed by atoms with E-state index in [1.165, 1.54) is 64.1 Å². The molecule has 3 heteroatoms. The van der Waals surface area contributed by atoms with Crippen molar-refractivity contribution in [2.75, 3.05) is 4.90 Å². The second kappa shape index (κ2) is 9.59. The molecule has 0 saturated carbocycles. The topological polar surface area (TPSA) is 8.17 Å². The Morgan fingerprint density at radius 1 is 0.419 bits per heavy atom. The summed E-state index contributed by atoms with van der Waals surface area (Å²) in [5.41, 5.74) is 7.04. The maximum absolute atomic E-state index is 2.43. The summed E-state index contributed by atoms with van der Waals surface area (Å²) in [5.74, 6) is 0. The number of hydrogen-bond donors (Lipinski definition) is 0. The Hall–Kier alpha value is -5.38. The van der Waals surface area contributed by atoms with Gasteiger partial charge in [-0.15, -0.1) is 11.3 Å². The lowest BCUT2D eigenvalue weighted by Gasteiger charge is -2.27. The minimum Gasteiger partial charge on any atom is -0.310 e. The third-order valence-electron chi connectivity index (χ3n) is 8.55. The Labute approximate surface area is 253 Å². The van der Waals surface area contributed by atoms with Gasteiger partial charge in [-0.1, -0.05) is 91.0 Å². The van der Waals surface area contributed by atoms with E-state index in [4.69, 9.17) is 0 Å². The number of para-hydroxylation sites is 2. The summed E-state index contributed by atoms with van der Waals surface area (Å²) in [7, 11) is 0. The molecule has 9 rings (SSSR count). The van der Waals surface area contributed by atoms with Gasteiger partial charge in [0.1, 0.15) is 0 Å². The van der Waals surface area contributed by atoms with E-state index in [0.717, 1.165) is 11.4 Å². The molecule has 0 aliphatic rings. The van der Waals surface area contributed by atoms with Gasteiger partial charge < -0.3 is 9.47 Å². The predicted octanol–water partition coefficient (Wildman–Crippen LogP) is 11.8. The fourth-order valence-corrected chi connectivity index (χ4v) is 7.73. The fraction of sp³-hybridized carbons (Fsp3) is 0. The van der Waals surface area contributed by atoms with Crippen LogP contribution >= 0.6 is 11.3 Å². The number of thiophene rings is 1. The molecule has 2 nitrogen and oxygen atoms in total. The third-order valence-corrected chi connectivity index (χ3v) is 9.71. The summed E-state index contributed by atoms with van der Waals surface area (Å²) in [4.78, 5) is 2.43. The summed E-state index contributed by atoms with van der Waals surface area (Å²) in [6.07, 6.45) is 0. The number of hydrogen-bond acceptors (Lipinski definition) is 2. The Bertz CT molecular complexity index is 2460. The van der Waals surface area contributed by atoms with Crippen LogP contribution in [-0.2, 0) is 0 Å². The van der Waals surface area contributed by atoms with Gasteiger partial charge in [-0.3, -0.25) is 0 Å². The first-order chi connectivity index (χ1) is 21.3. The first kappa shape index (κ1) is 24.2. The molecule has 43 heavy (non-hydrogen) atoms. The molecule has 0 aliphatic heterocycles. The molecule has 0 amide bonds. The first-order valence-electron chi connectivity index (χ1n) is 14.6. The van der Waals surface area contributed by atoms with Gasteiger partial charge in [0, 0.05) is 53.4 Å². The number of fused-ring (bicyclic) bond motifs is 7. The van der Waals surface area contributed by atoms with Crippen LogP contribution in [0.15, 0.2) is 158 Å². The molecule has 0 N–H and O–H groups in total. The number of anilines is 3. The predicted molar refractivity (Wildman–Crippen MR) is 186 cm³/mol. The van der Waals surface area contributed by atoms with Gasteiger partial charge in [0.2, 0.25) is 0 Å². The second-order valence-electron chi connectivity index (χ2n) is 11.0. The Morgan fingerprint density at radius 3 is 1.93 bits per heavy atom. The number of benzene rings is 7. The minimum atomic E-state index is 1.14. The van der Waals surface area contributed by atoms with Gasteiger partial charge in [-0.05, 0) is 72.1 Å². The van der Waals surface area contributed by atoms with E-state index in [-0.39, 0.29) is 0 Å². The largest absolute Gasteiger partial charge is 0.310 e. The highest BCUT2D eigenvalue weighted by molar-refractivity contribution is 7.25. The first-order valence-corrected chi connectivity index (χ1v) is 15.4. The molecule has 0 saturated heterocycles. The standard InChI is InChI=1S/C40H26N2S/c1-2-13-28(14-3-1)42-37-18-8-6-16-32(37)34-25-29(21-23-38(34)42)41(36-19-10-12-27-11-4-5-15-31(27)36)30-22-24-40-35(26-30)33-17-7-9-20-39(33)43-40/h1-26H. The van der Waals surface area contributed by atoms with Crippen molar-refractivity contribution in [3.63, 3.8) is 0 Å². The lowest BCUT2D eigenvalue weighted by Crippen LogP contribution is -2.10.